The lowest BCUT2D eigenvalue weighted by Crippen LogP contribution is -2.18. The van der Waals surface area contributed by atoms with Crippen molar-refractivity contribution in [2.45, 2.75) is 4.90 Å². The number of hydrogen-bond donors (Lipinski definition) is 1. The number of anilines is 1. The molecule has 0 radical (unpaired) electrons. The molecule has 0 saturated heterocycles. The third kappa shape index (κ3) is 6.07. The second kappa shape index (κ2) is 10.9. The van der Waals surface area contributed by atoms with E-state index in [1.54, 1.807) is 6.07 Å². The molecule has 3 aromatic carbocycles. The van der Waals surface area contributed by atoms with Crippen LogP contribution in [0.4, 0.5) is 10.1 Å². The van der Waals surface area contributed by atoms with Crippen LogP contribution in [-0.4, -0.2) is 48.1 Å². The van der Waals surface area contributed by atoms with E-state index in [0.29, 0.717) is 11.5 Å². The Morgan fingerprint density at radius 1 is 0.857 bits per heavy atom. The van der Waals surface area contributed by atoms with Gasteiger partial charge in [0.25, 0.3) is 10.0 Å². The summed E-state index contributed by atoms with van der Waals surface area (Å²) >= 11 is 0. The molecule has 0 amide bonds. The van der Waals surface area contributed by atoms with E-state index in [1.165, 1.54) is 57.7 Å². The lowest BCUT2D eigenvalue weighted by atomic mass is 10.1. The smallest absolute Gasteiger partial charge is 0.338 e. The predicted molar refractivity (Wildman–Crippen MR) is 124 cm³/mol. The molecule has 0 aliphatic carbocycles. The first kappa shape index (κ1) is 25.5. The number of ether oxygens (including phenoxy) is 4. The lowest BCUT2D eigenvalue weighted by molar-refractivity contribution is 0.0473. The summed E-state index contributed by atoms with van der Waals surface area (Å²) in [5, 5.41) is 0. The molecule has 0 aliphatic rings. The summed E-state index contributed by atoms with van der Waals surface area (Å²) in [4.78, 5) is 24.3. The molecule has 1 N–H and O–H groups in total. The lowest BCUT2D eigenvalue weighted by Gasteiger charge is -2.12. The number of Topliss-reactive ketones (excluding diaryl/α,β-unsaturated/α-hetero) is 1. The summed E-state index contributed by atoms with van der Waals surface area (Å²) in [6, 6.07) is 13.2. The van der Waals surface area contributed by atoms with Crippen molar-refractivity contribution in [2.24, 2.45) is 0 Å². The largest absolute Gasteiger partial charge is 0.497 e. The minimum atomic E-state index is -4.38. The number of hydrogen-bond acceptors (Lipinski definition) is 8. The van der Waals surface area contributed by atoms with Crippen molar-refractivity contribution < 1.29 is 41.3 Å². The van der Waals surface area contributed by atoms with E-state index in [-0.39, 0.29) is 22.6 Å². The average Bonchev–Trinajstić information content (AvgIpc) is 2.87. The van der Waals surface area contributed by atoms with Crippen molar-refractivity contribution >= 4 is 27.5 Å². The monoisotopic (exact) mass is 503 g/mol. The van der Waals surface area contributed by atoms with Crippen molar-refractivity contribution in [3.63, 3.8) is 0 Å². The Kier molecular flexibility index (Phi) is 7.92. The van der Waals surface area contributed by atoms with E-state index in [1.807, 2.05) is 0 Å². The van der Waals surface area contributed by atoms with Crippen molar-refractivity contribution in [2.75, 3.05) is 32.7 Å². The normalized spacial score (nSPS) is 10.9. The number of esters is 1. The highest BCUT2D eigenvalue weighted by molar-refractivity contribution is 7.92. The minimum Gasteiger partial charge on any atom is -0.497 e. The van der Waals surface area contributed by atoms with Gasteiger partial charge in [-0.1, -0.05) is 0 Å². The van der Waals surface area contributed by atoms with Gasteiger partial charge in [-0.05, 0) is 60.7 Å². The van der Waals surface area contributed by atoms with Gasteiger partial charge in [-0.15, -0.1) is 0 Å². The average molecular weight is 504 g/mol. The van der Waals surface area contributed by atoms with Crippen LogP contribution in [0.5, 0.6) is 17.2 Å². The first-order valence-corrected chi connectivity index (χ1v) is 11.6. The first-order valence-electron chi connectivity index (χ1n) is 10.1. The molecule has 9 nitrogen and oxygen atoms in total. The molecule has 0 fully saturated rings. The van der Waals surface area contributed by atoms with Gasteiger partial charge in [0, 0.05) is 5.69 Å². The zero-order chi connectivity index (χ0) is 25.6. The van der Waals surface area contributed by atoms with Gasteiger partial charge in [-0.3, -0.25) is 9.52 Å². The highest BCUT2D eigenvalue weighted by atomic mass is 32.2. The molecule has 0 aromatic heterocycles. The van der Waals surface area contributed by atoms with Gasteiger partial charge in [0.1, 0.15) is 28.0 Å². The van der Waals surface area contributed by atoms with Crippen molar-refractivity contribution in [3.05, 3.63) is 77.6 Å². The van der Waals surface area contributed by atoms with E-state index in [2.05, 4.69) is 4.72 Å². The van der Waals surface area contributed by atoms with Gasteiger partial charge in [0.15, 0.2) is 6.61 Å². The number of nitrogens with one attached hydrogen (secondary N) is 1. The van der Waals surface area contributed by atoms with Crippen LogP contribution in [-0.2, 0) is 14.8 Å². The molecule has 0 spiro atoms. The third-order valence-electron chi connectivity index (χ3n) is 4.84. The molecule has 0 aliphatic heterocycles. The Morgan fingerprint density at radius 2 is 1.51 bits per heavy atom. The predicted octanol–water partition coefficient (Wildman–Crippen LogP) is 3.69. The van der Waals surface area contributed by atoms with Gasteiger partial charge in [0.2, 0.25) is 5.78 Å². The molecule has 35 heavy (non-hydrogen) atoms. The second-order valence-electron chi connectivity index (χ2n) is 7.04. The number of rotatable bonds is 10. The van der Waals surface area contributed by atoms with Gasteiger partial charge < -0.3 is 18.9 Å². The maximum Gasteiger partial charge on any atom is 0.338 e. The second-order valence-corrected chi connectivity index (χ2v) is 8.70. The fourth-order valence-electron chi connectivity index (χ4n) is 3.03. The Balaban J connectivity index is 1.76. The first-order chi connectivity index (χ1) is 16.7. The highest BCUT2D eigenvalue weighted by Crippen LogP contribution is 2.25. The molecular weight excluding hydrogens is 481 g/mol. The van der Waals surface area contributed by atoms with Gasteiger partial charge in [0.05, 0.1) is 32.5 Å². The zero-order valence-corrected chi connectivity index (χ0v) is 19.8. The summed E-state index contributed by atoms with van der Waals surface area (Å²) in [5.41, 5.74) is 0.0358. The highest BCUT2D eigenvalue weighted by Gasteiger charge is 2.23. The number of ketones is 1. The number of benzene rings is 3. The summed E-state index contributed by atoms with van der Waals surface area (Å²) in [6.45, 7) is -0.661. The van der Waals surface area contributed by atoms with Gasteiger partial charge >= 0.3 is 5.97 Å². The van der Waals surface area contributed by atoms with Crippen molar-refractivity contribution in [1.29, 1.82) is 0 Å². The molecule has 3 rings (SSSR count). The SMILES string of the molecule is COc1ccc(NS(=O)(=O)c2cc(C(=O)OCC(=O)c3cc(OC)ccc3OC)ccc2F)cc1. The molecule has 0 heterocycles. The number of carbonyl (C=O) groups excluding carboxylic acids is 2. The number of halogens is 1. The van der Waals surface area contributed by atoms with E-state index in [0.717, 1.165) is 18.2 Å². The summed E-state index contributed by atoms with van der Waals surface area (Å²) in [5.74, 6) is -1.50. The zero-order valence-electron chi connectivity index (χ0n) is 19.0. The fourth-order valence-corrected chi connectivity index (χ4v) is 4.19. The molecule has 0 saturated carbocycles. The molecule has 11 heteroatoms. The van der Waals surface area contributed by atoms with E-state index in [4.69, 9.17) is 18.9 Å². The van der Waals surface area contributed by atoms with Gasteiger partial charge in [-0.2, -0.15) is 0 Å². The number of carbonyl (C=O) groups is 2. The van der Waals surface area contributed by atoms with Crippen LogP contribution < -0.4 is 18.9 Å². The molecular formula is C24H22FNO8S. The maximum absolute atomic E-state index is 14.4. The minimum absolute atomic E-state index is 0.130. The van der Waals surface area contributed by atoms with Crippen LogP contribution >= 0.6 is 0 Å². The van der Waals surface area contributed by atoms with Crippen LogP contribution in [0.25, 0.3) is 0 Å². The van der Waals surface area contributed by atoms with Crippen LogP contribution in [0.2, 0.25) is 0 Å². The number of methoxy groups -OCH3 is 3. The molecule has 0 unspecified atom stereocenters. The maximum atomic E-state index is 14.4. The molecule has 0 atom stereocenters. The van der Waals surface area contributed by atoms with E-state index < -0.39 is 39.1 Å². The molecule has 184 valence electrons. The topological polar surface area (TPSA) is 117 Å². The molecule has 3 aromatic rings. The summed E-state index contributed by atoms with van der Waals surface area (Å²) in [6.07, 6.45) is 0. The Morgan fingerprint density at radius 3 is 2.14 bits per heavy atom. The van der Waals surface area contributed by atoms with Crippen LogP contribution in [0.15, 0.2) is 65.6 Å². The summed E-state index contributed by atoms with van der Waals surface area (Å²) < 4.78 is 62.3. The Bertz CT molecular complexity index is 1340. The van der Waals surface area contributed by atoms with Crippen LogP contribution in [0.3, 0.4) is 0 Å². The third-order valence-corrected chi connectivity index (χ3v) is 6.24. The van der Waals surface area contributed by atoms with Crippen LogP contribution in [0.1, 0.15) is 20.7 Å². The standard InChI is InChI=1S/C24H22FNO8S/c1-31-17-7-5-16(6-8-17)26-35(29,30)23-12-15(4-10-20(23)25)24(28)34-14-21(27)19-13-18(32-2)9-11-22(19)33-3/h4-13,26H,14H2,1-3H3. The summed E-state index contributed by atoms with van der Waals surface area (Å²) in [7, 11) is -0.113. The number of sulfonamides is 1. The van der Waals surface area contributed by atoms with E-state index >= 15 is 0 Å². The van der Waals surface area contributed by atoms with Crippen molar-refractivity contribution in [3.8, 4) is 17.2 Å². The fraction of sp³-hybridized carbons (Fsp3) is 0.167. The van der Waals surface area contributed by atoms with Crippen molar-refractivity contribution in [1.82, 2.24) is 0 Å². The Hall–Kier alpha value is -4.12. The Labute approximate surface area is 201 Å². The molecule has 0 bridgehead atoms. The van der Waals surface area contributed by atoms with E-state index in [9.17, 15) is 22.4 Å². The van der Waals surface area contributed by atoms with Crippen LogP contribution in [0, 0.1) is 5.82 Å². The quantitative estimate of drug-likeness (QED) is 0.329. The van der Waals surface area contributed by atoms with Gasteiger partial charge in [-0.25, -0.2) is 17.6 Å².